The molecule has 0 spiro atoms. The van der Waals surface area contributed by atoms with E-state index in [2.05, 4.69) is 0 Å². The fraction of sp³-hybridized carbons (Fsp3) is 0.143. The molecule has 0 N–H and O–H groups in total. The number of methoxy groups -OCH3 is 1. The average Bonchev–Trinajstić information content (AvgIpc) is 2.51. The summed E-state index contributed by atoms with van der Waals surface area (Å²) in [4.78, 5) is -0.140. The quantitative estimate of drug-likeness (QED) is 0.696. The smallest absolute Gasteiger partial charge is 0.265 e. The Labute approximate surface area is 154 Å². The number of anilines is 1. The van der Waals surface area contributed by atoms with Crippen molar-refractivity contribution < 1.29 is 13.2 Å². The first kappa shape index (κ1) is 18.5. The van der Waals surface area contributed by atoms with Crippen LogP contribution in [0.3, 0.4) is 0 Å². The SMILES string of the molecule is COc1ccc(S(=O)(=O)N(C)c2ccc(Cl)c(Cl)c2)c(Cl)c1Cl. The molecule has 2 aromatic carbocycles. The highest BCUT2D eigenvalue weighted by Gasteiger charge is 2.27. The molecule has 0 saturated carbocycles. The number of rotatable bonds is 4. The van der Waals surface area contributed by atoms with E-state index in [0.29, 0.717) is 10.7 Å². The van der Waals surface area contributed by atoms with Gasteiger partial charge in [-0.15, -0.1) is 0 Å². The Morgan fingerprint density at radius 2 is 1.61 bits per heavy atom. The molecule has 0 bridgehead atoms. The van der Waals surface area contributed by atoms with E-state index >= 15 is 0 Å². The van der Waals surface area contributed by atoms with E-state index in [1.165, 1.54) is 44.5 Å². The average molecular weight is 415 g/mol. The Balaban J connectivity index is 2.53. The number of hydrogen-bond acceptors (Lipinski definition) is 3. The van der Waals surface area contributed by atoms with Crippen LogP contribution >= 0.6 is 46.4 Å². The van der Waals surface area contributed by atoms with Crippen LogP contribution in [-0.2, 0) is 10.0 Å². The van der Waals surface area contributed by atoms with Crippen LogP contribution < -0.4 is 9.04 Å². The van der Waals surface area contributed by atoms with Crippen molar-refractivity contribution in [3.8, 4) is 5.75 Å². The number of ether oxygens (including phenoxy) is 1. The molecule has 9 heteroatoms. The van der Waals surface area contributed by atoms with Crippen LogP contribution in [0, 0.1) is 0 Å². The second kappa shape index (κ2) is 6.95. The van der Waals surface area contributed by atoms with Crippen molar-refractivity contribution in [3.05, 3.63) is 50.4 Å². The number of benzene rings is 2. The number of hydrogen-bond donors (Lipinski definition) is 0. The number of halogens is 4. The third-order valence-electron chi connectivity index (χ3n) is 3.14. The van der Waals surface area contributed by atoms with E-state index in [1.54, 1.807) is 0 Å². The van der Waals surface area contributed by atoms with Gasteiger partial charge >= 0.3 is 0 Å². The molecule has 2 rings (SSSR count). The first-order chi connectivity index (χ1) is 10.7. The lowest BCUT2D eigenvalue weighted by atomic mass is 10.3. The minimum atomic E-state index is -3.94. The van der Waals surface area contributed by atoms with Gasteiger partial charge in [-0.05, 0) is 30.3 Å². The Morgan fingerprint density at radius 3 is 2.17 bits per heavy atom. The van der Waals surface area contributed by atoms with Crippen LogP contribution in [0.5, 0.6) is 5.75 Å². The van der Waals surface area contributed by atoms with Crippen molar-refractivity contribution in [2.75, 3.05) is 18.5 Å². The van der Waals surface area contributed by atoms with E-state index in [1.807, 2.05) is 0 Å². The standard InChI is InChI=1S/C14H11Cl4NO3S/c1-19(8-3-4-9(15)10(16)7-8)23(20,21)12-6-5-11(22-2)13(17)14(12)18/h3-7H,1-2H3. The van der Waals surface area contributed by atoms with Crippen LogP contribution in [0.2, 0.25) is 20.1 Å². The molecule has 0 radical (unpaired) electrons. The van der Waals surface area contributed by atoms with Crippen LogP contribution in [0.25, 0.3) is 0 Å². The van der Waals surface area contributed by atoms with Gasteiger partial charge in [-0.2, -0.15) is 0 Å². The van der Waals surface area contributed by atoms with Gasteiger partial charge in [-0.1, -0.05) is 46.4 Å². The molecule has 0 fully saturated rings. The van der Waals surface area contributed by atoms with E-state index in [-0.39, 0.29) is 25.7 Å². The number of sulfonamides is 1. The zero-order chi connectivity index (χ0) is 17.4. The molecule has 0 aromatic heterocycles. The summed E-state index contributed by atoms with van der Waals surface area (Å²) in [6, 6.07) is 7.25. The van der Waals surface area contributed by atoms with E-state index in [4.69, 9.17) is 51.1 Å². The maximum absolute atomic E-state index is 12.8. The lowest BCUT2D eigenvalue weighted by Crippen LogP contribution is -2.26. The maximum Gasteiger partial charge on any atom is 0.265 e. The van der Waals surface area contributed by atoms with Gasteiger partial charge in [0.2, 0.25) is 0 Å². The molecule has 0 amide bonds. The molecule has 0 aliphatic carbocycles. The van der Waals surface area contributed by atoms with Gasteiger partial charge in [0.1, 0.15) is 15.7 Å². The zero-order valence-electron chi connectivity index (χ0n) is 12.0. The first-order valence-corrected chi connectivity index (χ1v) is 9.11. The van der Waals surface area contributed by atoms with Crippen LogP contribution in [0.1, 0.15) is 0 Å². The lowest BCUT2D eigenvalue weighted by molar-refractivity contribution is 0.414. The molecule has 23 heavy (non-hydrogen) atoms. The summed E-state index contributed by atoms with van der Waals surface area (Å²) in [5, 5.41) is 0.479. The fourth-order valence-corrected chi connectivity index (χ4v) is 4.13. The Kier molecular flexibility index (Phi) is 5.59. The largest absolute Gasteiger partial charge is 0.495 e. The minimum Gasteiger partial charge on any atom is -0.495 e. The molecule has 0 heterocycles. The van der Waals surface area contributed by atoms with E-state index < -0.39 is 10.0 Å². The molecule has 4 nitrogen and oxygen atoms in total. The van der Waals surface area contributed by atoms with Crippen LogP contribution in [0.4, 0.5) is 5.69 Å². The summed E-state index contributed by atoms with van der Waals surface area (Å²) in [5.41, 5.74) is 0.336. The van der Waals surface area contributed by atoms with Gasteiger partial charge in [0, 0.05) is 7.05 Å². The van der Waals surface area contributed by atoms with Gasteiger partial charge in [-0.25, -0.2) is 8.42 Å². The third kappa shape index (κ3) is 3.49. The Morgan fingerprint density at radius 1 is 0.957 bits per heavy atom. The molecule has 0 unspecified atom stereocenters. The summed E-state index contributed by atoms with van der Waals surface area (Å²) in [5.74, 6) is 0.285. The van der Waals surface area contributed by atoms with Gasteiger partial charge in [-0.3, -0.25) is 4.31 Å². The second-order valence-corrected chi connectivity index (χ2v) is 7.97. The predicted octanol–water partition coefficient (Wildman–Crippen LogP) is 5.13. The van der Waals surface area contributed by atoms with Gasteiger partial charge in [0.05, 0.1) is 27.9 Å². The Hall–Kier alpha value is -0.850. The lowest BCUT2D eigenvalue weighted by Gasteiger charge is -2.21. The van der Waals surface area contributed by atoms with Crippen molar-refractivity contribution in [2.24, 2.45) is 0 Å². The normalized spacial score (nSPS) is 11.4. The van der Waals surface area contributed by atoms with Gasteiger partial charge < -0.3 is 4.74 Å². The van der Waals surface area contributed by atoms with E-state index in [0.717, 1.165) is 4.31 Å². The topological polar surface area (TPSA) is 46.6 Å². The van der Waals surface area contributed by atoms with Crippen molar-refractivity contribution in [1.29, 1.82) is 0 Å². The Bertz CT molecular complexity index is 855. The van der Waals surface area contributed by atoms with Crippen LogP contribution in [0.15, 0.2) is 35.2 Å². The summed E-state index contributed by atoms with van der Waals surface area (Å²) in [6.45, 7) is 0. The molecule has 124 valence electrons. The summed E-state index contributed by atoms with van der Waals surface area (Å²) in [7, 11) is -1.15. The molecule has 0 aliphatic heterocycles. The molecular weight excluding hydrogens is 404 g/mol. The summed E-state index contributed by atoms with van der Waals surface area (Å²) < 4.78 is 31.6. The van der Waals surface area contributed by atoms with Gasteiger partial charge in [0.25, 0.3) is 10.0 Å². The van der Waals surface area contributed by atoms with Crippen LogP contribution in [-0.4, -0.2) is 22.6 Å². The molecular formula is C14H11Cl4NO3S. The highest BCUT2D eigenvalue weighted by Crippen LogP contribution is 2.38. The molecule has 0 saturated heterocycles. The van der Waals surface area contributed by atoms with Gasteiger partial charge in [0.15, 0.2) is 0 Å². The predicted molar refractivity (Wildman–Crippen MR) is 95.1 cm³/mol. The second-order valence-electron chi connectivity index (χ2n) is 4.46. The molecule has 0 atom stereocenters. The fourth-order valence-electron chi connectivity index (χ4n) is 1.84. The molecule has 2 aromatic rings. The van der Waals surface area contributed by atoms with Crippen molar-refractivity contribution in [3.63, 3.8) is 0 Å². The third-order valence-corrected chi connectivity index (χ3v) is 6.68. The minimum absolute atomic E-state index is 0.0257. The zero-order valence-corrected chi connectivity index (χ0v) is 15.8. The van der Waals surface area contributed by atoms with Crippen molar-refractivity contribution >= 4 is 62.1 Å². The van der Waals surface area contributed by atoms with E-state index in [9.17, 15) is 8.42 Å². The van der Waals surface area contributed by atoms with Crippen molar-refractivity contribution in [1.82, 2.24) is 0 Å². The highest BCUT2D eigenvalue weighted by atomic mass is 35.5. The summed E-state index contributed by atoms with van der Waals surface area (Å²) in [6.07, 6.45) is 0. The molecule has 0 aliphatic rings. The summed E-state index contributed by atoms with van der Waals surface area (Å²) >= 11 is 23.9. The van der Waals surface area contributed by atoms with Crippen molar-refractivity contribution in [2.45, 2.75) is 4.90 Å². The first-order valence-electron chi connectivity index (χ1n) is 6.16. The highest BCUT2D eigenvalue weighted by molar-refractivity contribution is 7.93. The maximum atomic E-state index is 12.8. The monoisotopic (exact) mass is 413 g/mol. The number of nitrogens with zero attached hydrogens (tertiary/aromatic N) is 1.